The Morgan fingerprint density at radius 1 is 1.34 bits per heavy atom. The Kier molecular flexibility index (Phi) is 10.9. The molecule has 8 heteroatoms. The van der Waals surface area contributed by atoms with Gasteiger partial charge in [0.1, 0.15) is 0 Å². The molecular formula is C21H37IN4O2S. The van der Waals surface area contributed by atoms with Crippen LogP contribution in [0.1, 0.15) is 44.7 Å². The minimum atomic E-state index is -3.19. The number of nitrogens with zero attached hydrogens (tertiary/aromatic N) is 2. The molecule has 1 saturated heterocycles. The lowest BCUT2D eigenvalue weighted by Gasteiger charge is -2.35. The number of nitrogens with one attached hydrogen (secondary N) is 2. The number of aliphatic imine (C=N–C) groups is 1. The van der Waals surface area contributed by atoms with Crippen LogP contribution in [0.5, 0.6) is 0 Å². The molecule has 1 aliphatic heterocycles. The van der Waals surface area contributed by atoms with E-state index in [1.807, 2.05) is 19.1 Å². The molecule has 1 aromatic rings. The van der Waals surface area contributed by atoms with Gasteiger partial charge in [0, 0.05) is 31.9 Å². The molecule has 2 rings (SSSR count). The molecule has 1 fully saturated rings. The summed E-state index contributed by atoms with van der Waals surface area (Å²) in [6, 6.07) is 5.88. The van der Waals surface area contributed by atoms with Crippen LogP contribution in [0, 0.1) is 12.8 Å². The van der Waals surface area contributed by atoms with Crippen molar-refractivity contribution in [2.75, 3.05) is 32.4 Å². The molecule has 2 atom stereocenters. The van der Waals surface area contributed by atoms with Crippen molar-refractivity contribution in [1.29, 1.82) is 0 Å². The van der Waals surface area contributed by atoms with E-state index in [-0.39, 0.29) is 24.0 Å². The van der Waals surface area contributed by atoms with Crippen molar-refractivity contribution in [3.63, 3.8) is 0 Å². The first-order valence-electron chi connectivity index (χ1n) is 10.3. The SMILES string of the molecule is CCNC(=NCc1ccc(S(C)(=O)=O)c(C)c1)NCC(C)N1CCCC(C)C1.I. The quantitative estimate of drug-likeness (QED) is 0.318. The molecule has 0 amide bonds. The Labute approximate surface area is 193 Å². The van der Waals surface area contributed by atoms with E-state index in [2.05, 4.69) is 41.3 Å². The summed E-state index contributed by atoms with van der Waals surface area (Å²) in [5.41, 5.74) is 1.76. The molecule has 29 heavy (non-hydrogen) atoms. The van der Waals surface area contributed by atoms with Crippen molar-refractivity contribution in [3.05, 3.63) is 29.3 Å². The van der Waals surface area contributed by atoms with Crippen molar-refractivity contribution in [2.45, 2.75) is 58.0 Å². The second-order valence-corrected chi connectivity index (χ2v) is 10.0. The predicted molar refractivity (Wildman–Crippen MR) is 132 cm³/mol. The van der Waals surface area contributed by atoms with E-state index in [1.54, 1.807) is 6.07 Å². The zero-order valence-corrected chi connectivity index (χ0v) is 21.5. The number of piperidine rings is 1. The Morgan fingerprint density at radius 3 is 2.66 bits per heavy atom. The molecule has 2 N–H and O–H groups in total. The lowest BCUT2D eigenvalue weighted by molar-refractivity contribution is 0.139. The average Bonchev–Trinajstić information content (AvgIpc) is 2.62. The minimum Gasteiger partial charge on any atom is -0.357 e. The highest BCUT2D eigenvalue weighted by atomic mass is 127. The molecular weight excluding hydrogens is 499 g/mol. The highest BCUT2D eigenvalue weighted by molar-refractivity contribution is 14.0. The zero-order valence-electron chi connectivity index (χ0n) is 18.4. The van der Waals surface area contributed by atoms with E-state index in [0.717, 1.165) is 36.1 Å². The van der Waals surface area contributed by atoms with Crippen LogP contribution >= 0.6 is 24.0 Å². The fourth-order valence-corrected chi connectivity index (χ4v) is 4.70. The van der Waals surface area contributed by atoms with Crippen LogP contribution in [-0.4, -0.2) is 57.8 Å². The lowest BCUT2D eigenvalue weighted by Crippen LogP contribution is -2.48. The molecule has 1 heterocycles. The first-order valence-corrected chi connectivity index (χ1v) is 12.2. The maximum Gasteiger partial charge on any atom is 0.191 e. The topological polar surface area (TPSA) is 73.8 Å². The number of benzene rings is 1. The number of sulfone groups is 1. The second kappa shape index (κ2) is 12.1. The van der Waals surface area contributed by atoms with Crippen molar-refractivity contribution in [3.8, 4) is 0 Å². The van der Waals surface area contributed by atoms with Crippen LogP contribution in [0.25, 0.3) is 0 Å². The van der Waals surface area contributed by atoms with Crippen molar-refractivity contribution < 1.29 is 8.42 Å². The van der Waals surface area contributed by atoms with Crippen molar-refractivity contribution >= 4 is 39.8 Å². The van der Waals surface area contributed by atoms with Gasteiger partial charge in [0.05, 0.1) is 11.4 Å². The van der Waals surface area contributed by atoms with Gasteiger partial charge >= 0.3 is 0 Å². The Bertz CT molecular complexity index is 783. The van der Waals surface area contributed by atoms with Crippen LogP contribution in [0.15, 0.2) is 28.1 Å². The molecule has 0 saturated carbocycles. The number of hydrogen-bond acceptors (Lipinski definition) is 4. The highest BCUT2D eigenvalue weighted by Crippen LogP contribution is 2.18. The summed E-state index contributed by atoms with van der Waals surface area (Å²) in [5, 5.41) is 6.75. The smallest absolute Gasteiger partial charge is 0.191 e. The standard InChI is InChI=1S/C21H36N4O2S.HI/c1-6-22-21(23-13-18(4)25-11-7-8-16(2)15-25)24-14-19-9-10-20(17(3)12-19)28(5,26)27;/h9-10,12,16,18H,6-8,11,13-15H2,1-5H3,(H2,22,23,24);1H. The van der Waals surface area contributed by atoms with Gasteiger partial charge in [-0.25, -0.2) is 13.4 Å². The Hall–Kier alpha value is -0.870. The fourth-order valence-electron chi connectivity index (χ4n) is 3.74. The normalized spacial score (nSPS) is 19.3. The number of rotatable bonds is 7. The molecule has 166 valence electrons. The second-order valence-electron chi connectivity index (χ2n) is 8.04. The summed E-state index contributed by atoms with van der Waals surface area (Å²) in [7, 11) is -3.19. The van der Waals surface area contributed by atoms with Gasteiger partial charge in [-0.3, -0.25) is 4.90 Å². The van der Waals surface area contributed by atoms with E-state index >= 15 is 0 Å². The first kappa shape index (κ1) is 26.2. The van der Waals surface area contributed by atoms with Gasteiger partial charge in [-0.1, -0.05) is 19.1 Å². The summed E-state index contributed by atoms with van der Waals surface area (Å²) in [6.45, 7) is 13.0. The molecule has 0 radical (unpaired) electrons. The van der Waals surface area contributed by atoms with E-state index in [9.17, 15) is 8.42 Å². The summed E-state index contributed by atoms with van der Waals surface area (Å²) in [6.07, 6.45) is 3.85. The summed E-state index contributed by atoms with van der Waals surface area (Å²) < 4.78 is 23.5. The zero-order chi connectivity index (χ0) is 20.7. The van der Waals surface area contributed by atoms with Crippen LogP contribution in [0.2, 0.25) is 0 Å². The van der Waals surface area contributed by atoms with E-state index in [1.165, 1.54) is 32.2 Å². The molecule has 1 aliphatic rings. The molecule has 2 unspecified atom stereocenters. The van der Waals surface area contributed by atoms with Gasteiger partial charge in [0.15, 0.2) is 15.8 Å². The third-order valence-corrected chi connectivity index (χ3v) is 6.54. The monoisotopic (exact) mass is 536 g/mol. The molecule has 0 spiro atoms. The van der Waals surface area contributed by atoms with Gasteiger partial charge in [-0.2, -0.15) is 0 Å². The Balaban J connectivity index is 0.00000420. The van der Waals surface area contributed by atoms with Crippen LogP contribution in [0.3, 0.4) is 0 Å². The fraction of sp³-hybridized carbons (Fsp3) is 0.667. The average molecular weight is 537 g/mol. The predicted octanol–water partition coefficient (Wildman–Crippen LogP) is 3.19. The number of hydrogen-bond donors (Lipinski definition) is 2. The summed E-state index contributed by atoms with van der Waals surface area (Å²) in [4.78, 5) is 7.61. The van der Waals surface area contributed by atoms with E-state index < -0.39 is 9.84 Å². The number of guanidine groups is 1. The minimum absolute atomic E-state index is 0. The first-order chi connectivity index (χ1) is 13.2. The van der Waals surface area contributed by atoms with Crippen LogP contribution < -0.4 is 10.6 Å². The summed E-state index contributed by atoms with van der Waals surface area (Å²) in [5.74, 6) is 1.57. The van der Waals surface area contributed by atoms with Gasteiger partial charge < -0.3 is 10.6 Å². The molecule has 1 aromatic carbocycles. The lowest BCUT2D eigenvalue weighted by atomic mass is 9.99. The number of aryl methyl sites for hydroxylation is 1. The Morgan fingerprint density at radius 2 is 2.07 bits per heavy atom. The van der Waals surface area contributed by atoms with Gasteiger partial charge in [-0.05, 0) is 63.3 Å². The van der Waals surface area contributed by atoms with Crippen molar-refractivity contribution in [2.24, 2.45) is 10.9 Å². The van der Waals surface area contributed by atoms with Gasteiger partial charge in [-0.15, -0.1) is 24.0 Å². The largest absolute Gasteiger partial charge is 0.357 e. The van der Waals surface area contributed by atoms with Crippen LogP contribution in [0.4, 0.5) is 0 Å². The maximum absolute atomic E-state index is 11.8. The molecule has 0 aliphatic carbocycles. The molecule has 6 nitrogen and oxygen atoms in total. The van der Waals surface area contributed by atoms with Gasteiger partial charge in [0.25, 0.3) is 0 Å². The van der Waals surface area contributed by atoms with Crippen LogP contribution in [-0.2, 0) is 16.4 Å². The third-order valence-electron chi connectivity index (χ3n) is 5.28. The van der Waals surface area contributed by atoms with E-state index in [0.29, 0.717) is 17.5 Å². The maximum atomic E-state index is 11.8. The number of halogens is 1. The third kappa shape index (κ3) is 8.41. The number of likely N-dealkylation sites (tertiary alicyclic amines) is 1. The molecule has 0 aromatic heterocycles. The van der Waals surface area contributed by atoms with Crippen molar-refractivity contribution in [1.82, 2.24) is 15.5 Å². The molecule has 0 bridgehead atoms. The summed E-state index contributed by atoms with van der Waals surface area (Å²) >= 11 is 0. The highest BCUT2D eigenvalue weighted by Gasteiger charge is 2.20. The van der Waals surface area contributed by atoms with E-state index in [4.69, 9.17) is 0 Å². The van der Waals surface area contributed by atoms with Gasteiger partial charge in [0.2, 0.25) is 0 Å².